The van der Waals surface area contributed by atoms with E-state index in [9.17, 15) is 4.79 Å². The first kappa shape index (κ1) is 17.4. The van der Waals surface area contributed by atoms with Crippen molar-refractivity contribution in [3.8, 4) is 16.8 Å². The molecule has 2 aliphatic rings. The summed E-state index contributed by atoms with van der Waals surface area (Å²) in [6.45, 7) is 7.44. The lowest BCUT2D eigenvalue weighted by atomic mass is 9.85. The van der Waals surface area contributed by atoms with Gasteiger partial charge in [0.05, 0.1) is 11.8 Å². The molecule has 0 radical (unpaired) electrons. The van der Waals surface area contributed by atoms with Crippen molar-refractivity contribution in [2.45, 2.75) is 45.1 Å². The highest BCUT2D eigenvalue weighted by molar-refractivity contribution is 6.17. The van der Waals surface area contributed by atoms with Gasteiger partial charge in [0.25, 0.3) is 0 Å². The molecule has 1 atom stereocenters. The van der Waals surface area contributed by atoms with Gasteiger partial charge in [0, 0.05) is 29.5 Å². The van der Waals surface area contributed by atoms with E-state index in [4.69, 9.17) is 4.74 Å². The molecule has 3 heterocycles. The number of hydrogen-bond donors (Lipinski definition) is 0. The molecule has 0 bridgehead atoms. The third-order valence-corrected chi connectivity index (χ3v) is 5.97. The molecule has 2 aliphatic heterocycles. The van der Waals surface area contributed by atoms with Gasteiger partial charge in [-0.25, -0.2) is 0 Å². The van der Waals surface area contributed by atoms with Crippen LogP contribution in [0.2, 0.25) is 0 Å². The molecule has 0 spiro atoms. The van der Waals surface area contributed by atoms with Gasteiger partial charge in [0.15, 0.2) is 0 Å². The van der Waals surface area contributed by atoms with Crippen molar-refractivity contribution in [2.24, 2.45) is 0 Å². The van der Waals surface area contributed by atoms with Crippen LogP contribution in [0.25, 0.3) is 16.8 Å². The van der Waals surface area contributed by atoms with E-state index in [0.717, 1.165) is 53.1 Å². The lowest BCUT2D eigenvalue weighted by Crippen LogP contribution is -2.10. The quantitative estimate of drug-likeness (QED) is 0.443. The average Bonchev–Trinajstić information content (AvgIpc) is 3.39. The predicted molar refractivity (Wildman–Crippen MR) is 111 cm³/mol. The SMILES string of the molecule is CC(C)(C)c1ccc(-c2c(C3CCCO3)cn3c2C(=O)c2ccccc2-3)cc1. The van der Waals surface area contributed by atoms with Crippen LogP contribution in [-0.2, 0) is 10.2 Å². The molecule has 3 nitrogen and oxygen atoms in total. The molecule has 2 aromatic carbocycles. The number of carbonyl (C=O) groups is 1. The van der Waals surface area contributed by atoms with Crippen LogP contribution in [0.5, 0.6) is 0 Å². The van der Waals surface area contributed by atoms with Gasteiger partial charge in [0.2, 0.25) is 5.78 Å². The van der Waals surface area contributed by atoms with Crippen molar-refractivity contribution < 1.29 is 9.53 Å². The Morgan fingerprint density at radius 1 is 1.04 bits per heavy atom. The summed E-state index contributed by atoms with van der Waals surface area (Å²) >= 11 is 0. The number of para-hydroxylation sites is 1. The van der Waals surface area contributed by atoms with E-state index in [0.29, 0.717) is 0 Å². The summed E-state index contributed by atoms with van der Waals surface area (Å²) in [5, 5.41) is 0. The highest BCUT2D eigenvalue weighted by Gasteiger charge is 2.35. The standard InChI is InChI=1S/C25H25NO2/c1-25(2,3)17-12-10-16(11-13-17)22-19(21-9-6-14-28-21)15-26-20-8-5-4-7-18(20)24(27)23(22)26/h4-5,7-8,10-13,15,21H,6,9,14H2,1-3H3. The number of ketones is 1. The van der Waals surface area contributed by atoms with Crippen molar-refractivity contribution in [3.05, 3.63) is 77.1 Å². The van der Waals surface area contributed by atoms with Crippen molar-refractivity contribution >= 4 is 5.78 Å². The maximum atomic E-state index is 13.3. The van der Waals surface area contributed by atoms with Crippen LogP contribution in [0.4, 0.5) is 0 Å². The largest absolute Gasteiger partial charge is 0.373 e. The van der Waals surface area contributed by atoms with Crippen LogP contribution in [0.15, 0.2) is 54.7 Å². The van der Waals surface area contributed by atoms with E-state index >= 15 is 0 Å². The molecule has 1 unspecified atom stereocenters. The molecular weight excluding hydrogens is 346 g/mol. The van der Waals surface area contributed by atoms with Gasteiger partial charge in [-0.2, -0.15) is 0 Å². The van der Waals surface area contributed by atoms with E-state index < -0.39 is 0 Å². The zero-order chi connectivity index (χ0) is 19.5. The zero-order valence-corrected chi connectivity index (χ0v) is 16.7. The summed E-state index contributed by atoms with van der Waals surface area (Å²) in [6.07, 6.45) is 4.27. The first-order valence-electron chi connectivity index (χ1n) is 10.1. The molecule has 142 valence electrons. The first-order valence-corrected chi connectivity index (χ1v) is 10.1. The number of rotatable bonds is 2. The summed E-state index contributed by atoms with van der Waals surface area (Å²) in [4.78, 5) is 13.3. The zero-order valence-electron chi connectivity index (χ0n) is 16.7. The number of hydrogen-bond acceptors (Lipinski definition) is 2. The van der Waals surface area contributed by atoms with Crippen molar-refractivity contribution in [2.75, 3.05) is 6.61 Å². The highest BCUT2D eigenvalue weighted by atomic mass is 16.5. The van der Waals surface area contributed by atoms with Gasteiger partial charge in [-0.3, -0.25) is 4.79 Å². The van der Waals surface area contributed by atoms with E-state index in [2.05, 4.69) is 55.8 Å². The van der Waals surface area contributed by atoms with Gasteiger partial charge < -0.3 is 9.30 Å². The maximum absolute atomic E-state index is 13.3. The smallest absolute Gasteiger partial charge is 0.212 e. The summed E-state index contributed by atoms with van der Waals surface area (Å²) in [5.74, 6) is 0.106. The molecule has 0 saturated carbocycles. The number of ether oxygens (including phenoxy) is 1. The Morgan fingerprint density at radius 2 is 1.79 bits per heavy atom. The molecule has 1 aromatic heterocycles. The van der Waals surface area contributed by atoms with Crippen LogP contribution >= 0.6 is 0 Å². The van der Waals surface area contributed by atoms with Gasteiger partial charge in [-0.05, 0) is 41.5 Å². The van der Waals surface area contributed by atoms with Gasteiger partial charge in [-0.15, -0.1) is 0 Å². The van der Waals surface area contributed by atoms with Crippen LogP contribution in [0, 0.1) is 0 Å². The Kier molecular flexibility index (Phi) is 3.85. The molecule has 3 heteroatoms. The van der Waals surface area contributed by atoms with Gasteiger partial charge in [0.1, 0.15) is 5.69 Å². The summed E-state index contributed by atoms with van der Waals surface area (Å²) in [6, 6.07) is 16.6. The second kappa shape index (κ2) is 6.18. The van der Waals surface area contributed by atoms with E-state index in [1.54, 1.807) is 0 Å². The fourth-order valence-corrected chi connectivity index (χ4v) is 4.45. The number of nitrogens with zero attached hydrogens (tertiary/aromatic N) is 1. The lowest BCUT2D eigenvalue weighted by Gasteiger charge is -2.19. The van der Waals surface area contributed by atoms with Crippen molar-refractivity contribution in [1.29, 1.82) is 0 Å². The number of fused-ring (bicyclic) bond motifs is 3. The molecule has 0 N–H and O–H groups in total. The molecular formula is C25H25NO2. The van der Waals surface area contributed by atoms with Gasteiger partial charge >= 0.3 is 0 Å². The minimum absolute atomic E-state index is 0.0651. The van der Waals surface area contributed by atoms with Crippen molar-refractivity contribution in [3.63, 3.8) is 0 Å². The van der Waals surface area contributed by atoms with Crippen LogP contribution in [0.3, 0.4) is 0 Å². The van der Waals surface area contributed by atoms with Gasteiger partial charge in [-0.1, -0.05) is 57.2 Å². The van der Waals surface area contributed by atoms with Crippen molar-refractivity contribution in [1.82, 2.24) is 4.57 Å². The Balaban J connectivity index is 1.71. The van der Waals surface area contributed by atoms with E-state index in [-0.39, 0.29) is 17.3 Å². The third-order valence-electron chi connectivity index (χ3n) is 5.97. The van der Waals surface area contributed by atoms with E-state index in [1.165, 1.54) is 5.56 Å². The Labute approximate surface area is 166 Å². The van der Waals surface area contributed by atoms with E-state index in [1.807, 2.05) is 24.3 Å². The first-order chi connectivity index (χ1) is 13.4. The highest BCUT2D eigenvalue weighted by Crippen LogP contribution is 2.44. The Bertz CT molecular complexity index is 1060. The summed E-state index contributed by atoms with van der Waals surface area (Å²) < 4.78 is 8.09. The molecule has 3 aromatic rings. The Hall–Kier alpha value is -2.65. The van der Waals surface area contributed by atoms with Crippen LogP contribution < -0.4 is 0 Å². The summed E-state index contributed by atoms with van der Waals surface area (Å²) in [5.41, 5.74) is 7.18. The topological polar surface area (TPSA) is 31.2 Å². The lowest BCUT2D eigenvalue weighted by molar-refractivity contribution is 0.104. The van der Waals surface area contributed by atoms with Crippen LogP contribution in [-0.4, -0.2) is 17.0 Å². The fraction of sp³-hybridized carbons (Fsp3) is 0.320. The number of aromatic nitrogens is 1. The minimum Gasteiger partial charge on any atom is -0.373 e. The molecule has 1 fully saturated rings. The molecule has 5 rings (SSSR count). The monoisotopic (exact) mass is 371 g/mol. The molecule has 28 heavy (non-hydrogen) atoms. The van der Waals surface area contributed by atoms with Crippen LogP contribution in [0.1, 0.15) is 66.9 Å². The minimum atomic E-state index is 0.0651. The number of carbonyl (C=O) groups excluding carboxylic acids is 1. The maximum Gasteiger partial charge on any atom is 0.212 e. The molecule has 0 aliphatic carbocycles. The molecule has 0 amide bonds. The second-order valence-electron chi connectivity index (χ2n) is 8.85. The number of benzene rings is 2. The summed E-state index contributed by atoms with van der Waals surface area (Å²) in [7, 11) is 0. The fourth-order valence-electron chi connectivity index (χ4n) is 4.45. The third kappa shape index (κ3) is 2.57. The molecule has 1 saturated heterocycles. The normalized spacial score (nSPS) is 18.4. The second-order valence-corrected chi connectivity index (χ2v) is 8.85. The Morgan fingerprint density at radius 3 is 2.46 bits per heavy atom. The predicted octanol–water partition coefficient (Wildman–Crippen LogP) is 5.84. The average molecular weight is 371 g/mol.